The van der Waals surface area contributed by atoms with Crippen molar-refractivity contribution in [2.75, 3.05) is 36.8 Å². The number of hydrogen-bond acceptors (Lipinski definition) is 4. The number of amides is 1. The first kappa shape index (κ1) is 18.0. The van der Waals surface area contributed by atoms with Crippen molar-refractivity contribution in [1.82, 2.24) is 4.90 Å². The van der Waals surface area contributed by atoms with Crippen LogP contribution in [0.3, 0.4) is 0 Å². The summed E-state index contributed by atoms with van der Waals surface area (Å²) in [5.74, 6) is 1.21. The lowest BCUT2D eigenvalue weighted by atomic mass is 10.2. The van der Waals surface area contributed by atoms with Crippen molar-refractivity contribution in [3.05, 3.63) is 53.6 Å². The molecule has 1 aliphatic heterocycles. The molecule has 0 spiro atoms. The first-order chi connectivity index (χ1) is 12.1. The Kier molecular flexibility index (Phi) is 6.10. The monoisotopic (exact) mass is 376 g/mol. The predicted molar refractivity (Wildman–Crippen MR) is 104 cm³/mol. The van der Waals surface area contributed by atoms with Gasteiger partial charge in [-0.1, -0.05) is 23.7 Å². The first-order valence-electron chi connectivity index (χ1n) is 8.32. The van der Waals surface area contributed by atoms with Crippen LogP contribution in [0.4, 0.5) is 5.69 Å². The van der Waals surface area contributed by atoms with Crippen molar-refractivity contribution < 1.29 is 9.90 Å². The minimum Gasteiger partial charge on any atom is -0.508 e. The molecule has 1 saturated heterocycles. The van der Waals surface area contributed by atoms with Gasteiger partial charge in [0.1, 0.15) is 5.75 Å². The molecule has 0 aromatic heterocycles. The standard InChI is InChI=1S/C19H21ClN2O2S/c20-17-3-1-2-4-18(17)25-14-9-19(24)22-12-10-21(11-13-22)15-5-7-16(23)8-6-15/h1-8,23H,9-14H2. The number of carbonyl (C=O) groups excluding carboxylic acids is 1. The zero-order valence-electron chi connectivity index (χ0n) is 13.9. The quantitative estimate of drug-likeness (QED) is 0.804. The predicted octanol–water partition coefficient (Wildman–Crippen LogP) is 3.88. The SMILES string of the molecule is O=C(CCSc1ccccc1Cl)N1CCN(c2ccc(O)cc2)CC1. The Morgan fingerprint density at radius 2 is 1.72 bits per heavy atom. The molecule has 132 valence electrons. The number of nitrogens with zero attached hydrogens (tertiary/aromatic N) is 2. The van der Waals surface area contributed by atoms with Gasteiger partial charge in [0.05, 0.1) is 5.02 Å². The van der Waals surface area contributed by atoms with E-state index in [2.05, 4.69) is 4.90 Å². The van der Waals surface area contributed by atoms with Crippen LogP contribution in [0.15, 0.2) is 53.4 Å². The highest BCUT2D eigenvalue weighted by atomic mass is 35.5. The summed E-state index contributed by atoms with van der Waals surface area (Å²) < 4.78 is 0. The van der Waals surface area contributed by atoms with E-state index in [0.29, 0.717) is 6.42 Å². The van der Waals surface area contributed by atoms with Gasteiger partial charge in [-0.2, -0.15) is 0 Å². The lowest BCUT2D eigenvalue weighted by molar-refractivity contribution is -0.131. The number of halogens is 1. The van der Waals surface area contributed by atoms with Crippen LogP contribution in [0.2, 0.25) is 5.02 Å². The van der Waals surface area contributed by atoms with Crippen LogP contribution in [0.1, 0.15) is 6.42 Å². The van der Waals surface area contributed by atoms with Gasteiger partial charge in [0, 0.05) is 48.9 Å². The Hall–Kier alpha value is -1.85. The second-order valence-electron chi connectivity index (χ2n) is 5.91. The highest BCUT2D eigenvalue weighted by molar-refractivity contribution is 7.99. The maximum Gasteiger partial charge on any atom is 0.223 e. The Morgan fingerprint density at radius 1 is 1.04 bits per heavy atom. The number of carbonyl (C=O) groups is 1. The van der Waals surface area contributed by atoms with Gasteiger partial charge < -0.3 is 14.9 Å². The second kappa shape index (κ2) is 8.50. The van der Waals surface area contributed by atoms with Crippen LogP contribution in [-0.4, -0.2) is 47.8 Å². The van der Waals surface area contributed by atoms with E-state index in [1.807, 2.05) is 41.3 Å². The molecule has 2 aromatic rings. The van der Waals surface area contributed by atoms with Gasteiger partial charge in [-0.05, 0) is 36.4 Å². The van der Waals surface area contributed by atoms with Crippen molar-refractivity contribution in [2.24, 2.45) is 0 Å². The van der Waals surface area contributed by atoms with Crippen LogP contribution in [0.5, 0.6) is 5.75 Å². The third-order valence-electron chi connectivity index (χ3n) is 4.26. The molecule has 2 aromatic carbocycles. The number of phenolic OH excluding ortho intramolecular Hbond substituents is 1. The highest BCUT2D eigenvalue weighted by Crippen LogP contribution is 2.27. The largest absolute Gasteiger partial charge is 0.508 e. The summed E-state index contributed by atoms with van der Waals surface area (Å²) in [6.45, 7) is 3.09. The maximum atomic E-state index is 12.4. The van der Waals surface area contributed by atoms with Crippen molar-refractivity contribution in [1.29, 1.82) is 0 Å². The first-order valence-corrected chi connectivity index (χ1v) is 9.69. The van der Waals surface area contributed by atoms with Gasteiger partial charge in [0.15, 0.2) is 0 Å². The molecular weight excluding hydrogens is 356 g/mol. The summed E-state index contributed by atoms with van der Waals surface area (Å²) >= 11 is 7.76. The number of thioether (sulfide) groups is 1. The molecule has 1 N–H and O–H groups in total. The molecule has 0 saturated carbocycles. The summed E-state index contributed by atoms with van der Waals surface area (Å²) in [7, 11) is 0. The fourth-order valence-corrected chi connectivity index (χ4v) is 4.02. The highest BCUT2D eigenvalue weighted by Gasteiger charge is 2.21. The molecule has 0 bridgehead atoms. The summed E-state index contributed by atoms with van der Waals surface area (Å²) in [4.78, 5) is 17.6. The van der Waals surface area contributed by atoms with Crippen LogP contribution in [-0.2, 0) is 4.79 Å². The number of hydrogen-bond donors (Lipinski definition) is 1. The molecule has 0 atom stereocenters. The van der Waals surface area contributed by atoms with Gasteiger partial charge in [0.2, 0.25) is 5.91 Å². The van der Waals surface area contributed by atoms with Crippen LogP contribution < -0.4 is 4.90 Å². The molecule has 3 rings (SSSR count). The summed E-state index contributed by atoms with van der Waals surface area (Å²) in [5, 5.41) is 10.1. The summed E-state index contributed by atoms with van der Waals surface area (Å²) in [5.41, 5.74) is 1.08. The average molecular weight is 377 g/mol. The normalized spacial score (nSPS) is 14.6. The Balaban J connectivity index is 1.44. The molecule has 1 heterocycles. The number of anilines is 1. The van der Waals surface area contributed by atoms with Gasteiger partial charge >= 0.3 is 0 Å². The lowest BCUT2D eigenvalue weighted by Crippen LogP contribution is -2.48. The summed E-state index contributed by atoms with van der Waals surface area (Å²) in [6.07, 6.45) is 0.523. The van der Waals surface area contributed by atoms with Crippen molar-refractivity contribution >= 4 is 35.0 Å². The van der Waals surface area contributed by atoms with Gasteiger partial charge in [0.25, 0.3) is 0 Å². The minimum atomic E-state index is 0.199. The van der Waals surface area contributed by atoms with E-state index in [1.165, 1.54) is 0 Å². The van der Waals surface area contributed by atoms with E-state index in [9.17, 15) is 9.90 Å². The van der Waals surface area contributed by atoms with Crippen molar-refractivity contribution in [3.8, 4) is 5.75 Å². The van der Waals surface area contributed by atoms with Crippen LogP contribution in [0.25, 0.3) is 0 Å². The molecule has 25 heavy (non-hydrogen) atoms. The fraction of sp³-hybridized carbons (Fsp3) is 0.316. The molecule has 6 heteroatoms. The Labute approximate surface area is 157 Å². The molecule has 1 amide bonds. The zero-order chi connectivity index (χ0) is 17.6. The smallest absolute Gasteiger partial charge is 0.223 e. The minimum absolute atomic E-state index is 0.199. The lowest BCUT2D eigenvalue weighted by Gasteiger charge is -2.36. The maximum absolute atomic E-state index is 12.4. The number of aromatic hydroxyl groups is 1. The van der Waals surface area contributed by atoms with E-state index in [0.717, 1.165) is 47.5 Å². The molecule has 4 nitrogen and oxygen atoms in total. The van der Waals surface area contributed by atoms with Crippen molar-refractivity contribution in [3.63, 3.8) is 0 Å². The van der Waals surface area contributed by atoms with E-state index < -0.39 is 0 Å². The molecule has 0 radical (unpaired) electrons. The van der Waals surface area contributed by atoms with Gasteiger partial charge in [-0.25, -0.2) is 0 Å². The number of phenols is 1. The van der Waals surface area contributed by atoms with Crippen LogP contribution >= 0.6 is 23.4 Å². The molecule has 0 unspecified atom stereocenters. The second-order valence-corrected chi connectivity index (χ2v) is 7.46. The third kappa shape index (κ3) is 4.83. The Bertz CT molecular complexity index is 716. The number of rotatable bonds is 5. The van der Waals surface area contributed by atoms with E-state index in [4.69, 9.17) is 11.6 Å². The average Bonchev–Trinajstić information content (AvgIpc) is 2.64. The van der Waals surface area contributed by atoms with E-state index in [-0.39, 0.29) is 11.7 Å². The molecule has 0 aliphatic carbocycles. The molecule has 1 aliphatic rings. The van der Waals surface area contributed by atoms with Gasteiger partial charge in [-0.15, -0.1) is 11.8 Å². The van der Waals surface area contributed by atoms with E-state index in [1.54, 1.807) is 23.9 Å². The number of benzene rings is 2. The number of piperazine rings is 1. The summed E-state index contributed by atoms with van der Waals surface area (Å²) in [6, 6.07) is 14.9. The molecule has 1 fully saturated rings. The topological polar surface area (TPSA) is 43.8 Å². The fourth-order valence-electron chi connectivity index (χ4n) is 2.85. The van der Waals surface area contributed by atoms with Crippen molar-refractivity contribution in [2.45, 2.75) is 11.3 Å². The van der Waals surface area contributed by atoms with Gasteiger partial charge in [-0.3, -0.25) is 4.79 Å². The zero-order valence-corrected chi connectivity index (χ0v) is 15.5. The third-order valence-corrected chi connectivity index (χ3v) is 5.77. The van der Waals surface area contributed by atoms with Crippen LogP contribution in [0, 0.1) is 0 Å². The molecular formula is C19H21ClN2O2S. The van der Waals surface area contributed by atoms with E-state index >= 15 is 0 Å². The Morgan fingerprint density at radius 3 is 2.40 bits per heavy atom.